The Balaban J connectivity index is 2.00. The van der Waals surface area contributed by atoms with Gasteiger partial charge in [-0.1, -0.05) is 0 Å². The molecule has 20 heavy (non-hydrogen) atoms. The van der Waals surface area contributed by atoms with Crippen molar-refractivity contribution in [3.05, 3.63) is 24.4 Å². The van der Waals surface area contributed by atoms with E-state index < -0.39 is 0 Å². The van der Waals surface area contributed by atoms with Gasteiger partial charge in [-0.05, 0) is 45.1 Å². The SMILES string of the molecule is COc1ccc2ccn(C3CC(N(C)C)C3)c2c1OC. The smallest absolute Gasteiger partial charge is 0.185 e. The molecule has 1 saturated carbocycles. The summed E-state index contributed by atoms with van der Waals surface area (Å²) >= 11 is 0. The van der Waals surface area contributed by atoms with Crippen LogP contribution in [0.2, 0.25) is 0 Å². The molecule has 4 heteroatoms. The van der Waals surface area contributed by atoms with Crippen molar-refractivity contribution in [1.82, 2.24) is 9.47 Å². The third-order valence-electron chi connectivity index (χ3n) is 4.44. The monoisotopic (exact) mass is 274 g/mol. The summed E-state index contributed by atoms with van der Waals surface area (Å²) in [6, 6.07) is 7.46. The highest BCUT2D eigenvalue weighted by atomic mass is 16.5. The Labute approximate surface area is 119 Å². The fourth-order valence-corrected chi connectivity index (χ4v) is 3.07. The van der Waals surface area contributed by atoms with Gasteiger partial charge in [0.15, 0.2) is 11.5 Å². The van der Waals surface area contributed by atoms with Gasteiger partial charge < -0.3 is 18.9 Å². The molecule has 1 aliphatic rings. The molecule has 4 nitrogen and oxygen atoms in total. The Morgan fingerprint density at radius 1 is 1.10 bits per heavy atom. The van der Waals surface area contributed by atoms with E-state index >= 15 is 0 Å². The van der Waals surface area contributed by atoms with Gasteiger partial charge in [0.1, 0.15) is 0 Å². The molecule has 0 N–H and O–H groups in total. The molecular formula is C16H22N2O2. The number of hydrogen-bond acceptors (Lipinski definition) is 3. The van der Waals surface area contributed by atoms with E-state index in [0.717, 1.165) is 17.0 Å². The topological polar surface area (TPSA) is 26.6 Å². The first kappa shape index (κ1) is 13.3. The van der Waals surface area contributed by atoms with Crippen LogP contribution in [0.1, 0.15) is 18.9 Å². The van der Waals surface area contributed by atoms with Gasteiger partial charge in [-0.3, -0.25) is 0 Å². The normalized spacial score (nSPS) is 22.1. The largest absolute Gasteiger partial charge is 0.493 e. The summed E-state index contributed by atoms with van der Waals surface area (Å²) in [6.07, 6.45) is 4.55. The summed E-state index contributed by atoms with van der Waals surface area (Å²) < 4.78 is 13.3. The van der Waals surface area contributed by atoms with E-state index in [0.29, 0.717) is 12.1 Å². The predicted molar refractivity (Wildman–Crippen MR) is 80.8 cm³/mol. The van der Waals surface area contributed by atoms with Crippen molar-refractivity contribution in [2.24, 2.45) is 0 Å². The van der Waals surface area contributed by atoms with Gasteiger partial charge in [0.25, 0.3) is 0 Å². The lowest BCUT2D eigenvalue weighted by atomic mass is 9.85. The highest BCUT2D eigenvalue weighted by Crippen LogP contribution is 2.42. The quantitative estimate of drug-likeness (QED) is 0.857. The first-order chi connectivity index (χ1) is 9.65. The number of fused-ring (bicyclic) bond motifs is 1. The molecule has 0 atom stereocenters. The molecule has 3 rings (SSSR count). The summed E-state index contributed by atoms with van der Waals surface area (Å²) in [7, 11) is 7.69. The van der Waals surface area contributed by atoms with Crippen molar-refractivity contribution in [3.63, 3.8) is 0 Å². The zero-order valence-corrected chi connectivity index (χ0v) is 12.6. The summed E-state index contributed by atoms with van der Waals surface area (Å²) in [5.41, 5.74) is 1.15. The van der Waals surface area contributed by atoms with E-state index in [9.17, 15) is 0 Å². The van der Waals surface area contributed by atoms with Crippen molar-refractivity contribution < 1.29 is 9.47 Å². The Morgan fingerprint density at radius 2 is 1.85 bits per heavy atom. The van der Waals surface area contributed by atoms with Crippen molar-refractivity contribution >= 4 is 10.9 Å². The molecule has 0 spiro atoms. The van der Waals surface area contributed by atoms with Gasteiger partial charge in [0.2, 0.25) is 0 Å². The molecule has 1 fully saturated rings. The summed E-state index contributed by atoms with van der Waals surface area (Å²) in [6.45, 7) is 0. The van der Waals surface area contributed by atoms with Crippen LogP contribution in [0.3, 0.4) is 0 Å². The molecule has 108 valence electrons. The molecule has 0 saturated heterocycles. The molecule has 0 bridgehead atoms. The molecule has 2 aromatic rings. The van der Waals surface area contributed by atoms with E-state index in [1.54, 1.807) is 14.2 Å². The standard InChI is InChI=1S/C16H22N2O2/c1-17(2)12-9-13(10-12)18-8-7-11-5-6-14(19-3)16(20-4)15(11)18/h5-8,12-13H,9-10H2,1-4H3. The average Bonchev–Trinajstić information content (AvgIpc) is 2.79. The first-order valence-corrected chi connectivity index (χ1v) is 7.03. The Hall–Kier alpha value is -1.68. The fourth-order valence-electron chi connectivity index (χ4n) is 3.07. The molecule has 1 heterocycles. The van der Waals surface area contributed by atoms with Crippen LogP contribution in [0, 0.1) is 0 Å². The fraction of sp³-hybridized carbons (Fsp3) is 0.500. The molecule has 0 unspecified atom stereocenters. The van der Waals surface area contributed by atoms with Gasteiger partial charge in [-0.2, -0.15) is 0 Å². The third-order valence-corrected chi connectivity index (χ3v) is 4.44. The number of hydrogen-bond donors (Lipinski definition) is 0. The second-order valence-electron chi connectivity index (χ2n) is 5.70. The minimum Gasteiger partial charge on any atom is -0.493 e. The Kier molecular flexibility index (Phi) is 3.34. The van der Waals surface area contributed by atoms with Gasteiger partial charge in [0, 0.05) is 23.7 Å². The molecular weight excluding hydrogens is 252 g/mol. The number of nitrogens with zero attached hydrogens (tertiary/aromatic N) is 2. The molecule has 1 aromatic carbocycles. The van der Waals surface area contributed by atoms with Crippen LogP contribution in [0.15, 0.2) is 24.4 Å². The Bertz CT molecular complexity index is 612. The van der Waals surface area contributed by atoms with E-state index in [4.69, 9.17) is 9.47 Å². The van der Waals surface area contributed by atoms with E-state index in [2.05, 4.69) is 41.9 Å². The lowest BCUT2D eigenvalue weighted by molar-refractivity contribution is 0.131. The lowest BCUT2D eigenvalue weighted by Gasteiger charge is -2.40. The number of rotatable bonds is 4. The van der Waals surface area contributed by atoms with Crippen LogP contribution in [0.4, 0.5) is 0 Å². The van der Waals surface area contributed by atoms with E-state index in [-0.39, 0.29) is 0 Å². The summed E-state index contributed by atoms with van der Waals surface area (Å²) in [5.74, 6) is 1.63. The van der Waals surface area contributed by atoms with Crippen LogP contribution < -0.4 is 9.47 Å². The van der Waals surface area contributed by atoms with Crippen molar-refractivity contribution in [3.8, 4) is 11.5 Å². The van der Waals surface area contributed by atoms with Crippen LogP contribution >= 0.6 is 0 Å². The van der Waals surface area contributed by atoms with Crippen LogP contribution in [0.25, 0.3) is 10.9 Å². The predicted octanol–water partition coefficient (Wildman–Crippen LogP) is 2.92. The highest BCUT2D eigenvalue weighted by molar-refractivity contribution is 5.88. The zero-order valence-electron chi connectivity index (χ0n) is 12.6. The van der Waals surface area contributed by atoms with Crippen molar-refractivity contribution in [2.75, 3.05) is 28.3 Å². The van der Waals surface area contributed by atoms with E-state index in [1.165, 1.54) is 18.2 Å². The second kappa shape index (κ2) is 5.02. The maximum Gasteiger partial charge on any atom is 0.185 e. The Morgan fingerprint density at radius 3 is 2.45 bits per heavy atom. The van der Waals surface area contributed by atoms with Gasteiger partial charge >= 0.3 is 0 Å². The van der Waals surface area contributed by atoms with Crippen molar-refractivity contribution in [1.29, 1.82) is 0 Å². The number of aromatic nitrogens is 1. The number of benzene rings is 1. The second-order valence-corrected chi connectivity index (χ2v) is 5.70. The van der Waals surface area contributed by atoms with Gasteiger partial charge in [-0.15, -0.1) is 0 Å². The molecule has 0 aliphatic heterocycles. The van der Waals surface area contributed by atoms with Crippen LogP contribution in [-0.4, -0.2) is 43.8 Å². The maximum atomic E-state index is 5.59. The van der Waals surface area contributed by atoms with E-state index in [1.807, 2.05) is 6.07 Å². The van der Waals surface area contributed by atoms with Crippen LogP contribution in [0.5, 0.6) is 11.5 Å². The lowest BCUT2D eigenvalue weighted by Crippen LogP contribution is -2.41. The van der Waals surface area contributed by atoms with Crippen molar-refractivity contribution in [2.45, 2.75) is 24.9 Å². The maximum absolute atomic E-state index is 5.59. The highest BCUT2D eigenvalue weighted by Gasteiger charge is 2.33. The molecule has 0 amide bonds. The molecule has 1 aromatic heterocycles. The van der Waals surface area contributed by atoms with Gasteiger partial charge in [0.05, 0.1) is 19.7 Å². The van der Waals surface area contributed by atoms with Crippen LogP contribution in [-0.2, 0) is 0 Å². The zero-order chi connectivity index (χ0) is 14.3. The minimum atomic E-state index is 0.556. The molecule has 1 aliphatic carbocycles. The summed E-state index contributed by atoms with van der Waals surface area (Å²) in [4.78, 5) is 2.31. The molecule has 0 radical (unpaired) electrons. The number of methoxy groups -OCH3 is 2. The minimum absolute atomic E-state index is 0.556. The first-order valence-electron chi connectivity index (χ1n) is 7.03. The average molecular weight is 274 g/mol. The summed E-state index contributed by atoms with van der Waals surface area (Å²) in [5, 5.41) is 1.20. The van der Waals surface area contributed by atoms with Gasteiger partial charge in [-0.25, -0.2) is 0 Å². The third kappa shape index (κ3) is 1.95. The number of ether oxygens (including phenoxy) is 2.